The van der Waals surface area contributed by atoms with Gasteiger partial charge in [0.2, 0.25) is 0 Å². The van der Waals surface area contributed by atoms with E-state index in [1.165, 1.54) is 17.7 Å². The molecule has 0 bridgehead atoms. The van der Waals surface area contributed by atoms with Crippen molar-refractivity contribution in [2.45, 2.75) is 50.0 Å². The van der Waals surface area contributed by atoms with Gasteiger partial charge in [0.25, 0.3) is 0 Å². The largest absolute Gasteiger partial charge is 1.00 e. The summed E-state index contributed by atoms with van der Waals surface area (Å²) in [5, 5.41) is 1.62. The van der Waals surface area contributed by atoms with E-state index < -0.39 is 8.07 Å². The van der Waals surface area contributed by atoms with Crippen LogP contribution in [0, 0.1) is 0 Å². The molecule has 0 aromatic heterocycles. The minimum atomic E-state index is -1.60. The monoisotopic (exact) mass is 422 g/mol. The molecule has 0 N–H and O–H groups in total. The predicted molar refractivity (Wildman–Crippen MR) is 87.6 cm³/mol. The first-order chi connectivity index (χ1) is 9.44. The van der Waals surface area contributed by atoms with Gasteiger partial charge in [-0.15, -0.1) is 0 Å². The minimum absolute atomic E-state index is 0. The van der Waals surface area contributed by atoms with Crippen LogP contribution in [0.3, 0.4) is 0 Å². The van der Waals surface area contributed by atoms with Gasteiger partial charge in [-0.2, -0.15) is 0 Å². The molecule has 1 aromatic carbocycles. The Hall–Kier alpha value is 0.501. The summed E-state index contributed by atoms with van der Waals surface area (Å²) >= 11 is 2.51. The van der Waals surface area contributed by atoms with Gasteiger partial charge in [0, 0.05) is 0 Å². The predicted octanol–water partition coefficient (Wildman–Crippen LogP) is -4.06. The molecule has 0 saturated carbocycles. The third kappa shape index (κ3) is 3.86. The molecule has 0 fully saturated rings. The molecule has 1 unspecified atom stereocenters. The first-order valence-corrected chi connectivity index (χ1v) is 10.8. The van der Waals surface area contributed by atoms with Gasteiger partial charge in [-0.05, 0) is 0 Å². The van der Waals surface area contributed by atoms with Crippen LogP contribution in [0.5, 0.6) is 0 Å². The molecule has 1 aliphatic rings. The Labute approximate surface area is 173 Å². The topological polar surface area (TPSA) is 0 Å². The van der Waals surface area contributed by atoms with E-state index in [4.69, 9.17) is 0 Å². The Balaban J connectivity index is 0. The molecule has 0 radical (unpaired) electrons. The summed E-state index contributed by atoms with van der Waals surface area (Å²) in [6.07, 6.45) is 2.42. The second-order valence-corrected chi connectivity index (χ2v) is 12.9. The molecule has 126 valence electrons. The Morgan fingerprint density at radius 1 is 0.913 bits per heavy atom. The Morgan fingerprint density at radius 2 is 1.39 bits per heavy atom. The molecule has 23 heavy (non-hydrogen) atoms. The first-order valence-electron chi connectivity index (χ1n) is 7.61. The third-order valence-corrected chi connectivity index (χ3v) is 14.9. The second-order valence-electron chi connectivity index (χ2n) is 6.04. The van der Waals surface area contributed by atoms with Gasteiger partial charge in [-0.1, -0.05) is 0 Å². The van der Waals surface area contributed by atoms with Gasteiger partial charge < -0.3 is 37.2 Å². The maximum atomic E-state index is 2.51. The zero-order chi connectivity index (χ0) is 15.0. The first kappa shape index (κ1) is 25.7. The molecule has 1 aromatic rings. The van der Waals surface area contributed by atoms with Crippen LogP contribution < -0.4 is 42.4 Å². The molecule has 0 heterocycles. The molecule has 0 saturated heterocycles. The minimum Gasteiger partial charge on any atom is -1.00 e. The van der Waals surface area contributed by atoms with Gasteiger partial charge in [0.1, 0.15) is 0 Å². The van der Waals surface area contributed by atoms with Crippen LogP contribution in [0.25, 0.3) is 0 Å². The number of rotatable bonds is 4. The summed E-state index contributed by atoms with van der Waals surface area (Å²) in [5.41, 5.74) is 4.67. The van der Waals surface area contributed by atoms with Crippen LogP contribution >= 0.6 is 0 Å². The Kier molecular flexibility index (Phi) is 11.0. The molecule has 0 amide bonds. The van der Waals surface area contributed by atoms with Crippen molar-refractivity contribution in [1.29, 1.82) is 0 Å². The number of benzene rings is 1. The maximum absolute atomic E-state index is 2.51. The Morgan fingerprint density at radius 3 is 1.74 bits per heavy atom. The van der Waals surface area contributed by atoms with Crippen molar-refractivity contribution in [3.05, 3.63) is 53.1 Å². The quantitative estimate of drug-likeness (QED) is 0.433. The van der Waals surface area contributed by atoms with E-state index in [1.807, 2.05) is 0 Å². The summed E-state index contributed by atoms with van der Waals surface area (Å²) < 4.78 is 0.280. The van der Waals surface area contributed by atoms with E-state index in [2.05, 4.69) is 91.5 Å². The van der Waals surface area contributed by atoms with Gasteiger partial charge in [-0.25, -0.2) is 0 Å². The fourth-order valence-electron chi connectivity index (χ4n) is 4.03. The third-order valence-electron chi connectivity index (χ3n) is 5.43. The fourth-order valence-corrected chi connectivity index (χ4v) is 12.2. The van der Waals surface area contributed by atoms with Gasteiger partial charge >= 0.3 is 137 Å². The van der Waals surface area contributed by atoms with Crippen molar-refractivity contribution in [1.82, 2.24) is 0 Å². The Bertz CT molecular complexity index is 565. The smallest absolute Gasteiger partial charge is 1.00 e. The standard InChI is InChI=1S/C18H25Si.3ClH.Ti/c1-6-19(7-2,17-11-9-8-10-12-17)18-15(4)13-14(3)16(18)5;;;;/h8-13H,6-7H2,1-5H3;3*1H;/q;;;;+3/p-3. The van der Waals surface area contributed by atoms with Crippen LogP contribution in [-0.2, 0) is 20.4 Å². The molecule has 5 heteroatoms. The second kappa shape index (κ2) is 9.85. The van der Waals surface area contributed by atoms with E-state index in [1.54, 1.807) is 16.3 Å². The van der Waals surface area contributed by atoms with Crippen molar-refractivity contribution in [3.63, 3.8) is 0 Å². The zero-order valence-corrected chi connectivity index (χ0v) is 19.3. The summed E-state index contributed by atoms with van der Waals surface area (Å²) in [5.74, 6) is 0. The molecule has 0 nitrogen and oxygen atoms in total. The molecular formula is C18H25Cl3SiTi. The average Bonchev–Trinajstić information content (AvgIpc) is 2.67. The van der Waals surface area contributed by atoms with Crippen LogP contribution in [0.1, 0.15) is 34.6 Å². The van der Waals surface area contributed by atoms with Crippen molar-refractivity contribution < 1.29 is 57.7 Å². The molecular weight excluding hydrogens is 399 g/mol. The summed E-state index contributed by atoms with van der Waals surface area (Å²) in [6.45, 7) is 11.8. The SMILES string of the molecule is CC[Si](CC)(c1ccccc1)[C]1([Ti+3])C(C)=CC(C)=C1C.[Cl-].[Cl-].[Cl-]. The van der Waals surface area contributed by atoms with Crippen molar-refractivity contribution in [2.75, 3.05) is 0 Å². The van der Waals surface area contributed by atoms with Gasteiger partial charge in [0.15, 0.2) is 0 Å². The molecule has 2 rings (SSSR count). The maximum Gasteiger partial charge on any atom is -1.00 e. The summed E-state index contributed by atoms with van der Waals surface area (Å²) in [7, 11) is -1.60. The van der Waals surface area contributed by atoms with Crippen LogP contribution in [0.4, 0.5) is 0 Å². The van der Waals surface area contributed by atoms with E-state index in [-0.39, 0.29) is 40.6 Å². The van der Waals surface area contributed by atoms with Crippen LogP contribution in [-0.4, -0.2) is 8.07 Å². The number of hydrogen-bond acceptors (Lipinski definition) is 0. The van der Waals surface area contributed by atoms with E-state index in [0.717, 1.165) is 0 Å². The summed E-state index contributed by atoms with van der Waals surface area (Å²) in [6, 6.07) is 13.9. The fraction of sp³-hybridized carbons (Fsp3) is 0.444. The van der Waals surface area contributed by atoms with Crippen molar-refractivity contribution in [3.8, 4) is 0 Å². The van der Waals surface area contributed by atoms with E-state index >= 15 is 0 Å². The molecule has 1 aliphatic carbocycles. The van der Waals surface area contributed by atoms with E-state index in [9.17, 15) is 0 Å². The molecule has 0 spiro atoms. The van der Waals surface area contributed by atoms with Crippen LogP contribution in [0.2, 0.25) is 15.4 Å². The number of hydrogen-bond donors (Lipinski definition) is 0. The molecule has 0 aliphatic heterocycles. The van der Waals surface area contributed by atoms with Gasteiger partial charge in [0.05, 0.1) is 0 Å². The zero-order valence-electron chi connectivity index (χ0n) is 14.5. The molecule has 1 atom stereocenters. The van der Waals surface area contributed by atoms with E-state index in [0.29, 0.717) is 0 Å². The summed E-state index contributed by atoms with van der Waals surface area (Å²) in [4.78, 5) is 0. The van der Waals surface area contributed by atoms with Gasteiger partial charge in [-0.3, -0.25) is 0 Å². The average molecular weight is 424 g/mol. The van der Waals surface area contributed by atoms with Crippen molar-refractivity contribution in [2.24, 2.45) is 0 Å². The normalized spacial score (nSPS) is 20.2. The van der Waals surface area contributed by atoms with Crippen LogP contribution in [0.15, 0.2) is 53.1 Å². The number of halogens is 3. The van der Waals surface area contributed by atoms with Crippen molar-refractivity contribution >= 4 is 13.3 Å². The number of allylic oxidation sites excluding steroid dienone is 4.